The lowest BCUT2D eigenvalue weighted by atomic mass is 10.1. The van der Waals surface area contributed by atoms with Gasteiger partial charge in [0.05, 0.1) is 46.4 Å². The summed E-state index contributed by atoms with van der Waals surface area (Å²) in [6.07, 6.45) is 1.30. The summed E-state index contributed by atoms with van der Waals surface area (Å²) in [4.78, 5) is 32.3. The standard InChI is InChI=1S/C16H13BrN4O7/c1-27-14-4-9(3-13(17)15(14)28-2)8-18-19-16(22)10-5-11(20(23)24)7-12(6-10)21(25)26/h3-8H,1-2H3,(H,19,22). The van der Waals surface area contributed by atoms with Gasteiger partial charge in [0.2, 0.25) is 0 Å². The minimum absolute atomic E-state index is 0.272. The Morgan fingerprint density at radius 3 is 2.18 bits per heavy atom. The summed E-state index contributed by atoms with van der Waals surface area (Å²) >= 11 is 3.32. The van der Waals surface area contributed by atoms with Gasteiger partial charge in [0, 0.05) is 12.1 Å². The molecule has 0 spiro atoms. The molecule has 0 saturated carbocycles. The van der Waals surface area contributed by atoms with Gasteiger partial charge in [-0.1, -0.05) is 0 Å². The number of methoxy groups -OCH3 is 2. The molecule has 0 radical (unpaired) electrons. The van der Waals surface area contributed by atoms with Crippen LogP contribution < -0.4 is 14.9 Å². The highest BCUT2D eigenvalue weighted by Crippen LogP contribution is 2.35. The molecule has 0 aliphatic heterocycles. The smallest absolute Gasteiger partial charge is 0.277 e. The first kappa shape index (κ1) is 20.8. The van der Waals surface area contributed by atoms with Crippen LogP contribution in [0.4, 0.5) is 11.4 Å². The molecule has 0 saturated heterocycles. The molecule has 0 atom stereocenters. The zero-order chi connectivity index (χ0) is 20.8. The number of benzene rings is 2. The minimum atomic E-state index is -0.845. The first-order chi connectivity index (χ1) is 13.3. The van der Waals surface area contributed by atoms with Crippen molar-refractivity contribution in [3.05, 3.63) is 66.2 Å². The molecule has 146 valence electrons. The third kappa shape index (κ3) is 4.79. The number of nitro groups is 2. The normalized spacial score (nSPS) is 10.5. The van der Waals surface area contributed by atoms with Gasteiger partial charge in [0.15, 0.2) is 11.5 Å². The second-order valence-electron chi connectivity index (χ2n) is 5.19. The molecule has 1 amide bonds. The van der Waals surface area contributed by atoms with Crippen molar-refractivity contribution in [2.75, 3.05) is 14.2 Å². The van der Waals surface area contributed by atoms with E-state index in [4.69, 9.17) is 9.47 Å². The number of ether oxygens (including phenoxy) is 2. The average molecular weight is 453 g/mol. The SMILES string of the molecule is COc1cc(C=NNC(=O)c2cc([N+](=O)[O-])cc([N+](=O)[O-])c2)cc(Br)c1OC. The fourth-order valence-corrected chi connectivity index (χ4v) is 2.80. The molecular formula is C16H13BrN4O7. The lowest BCUT2D eigenvalue weighted by Crippen LogP contribution is -2.18. The largest absolute Gasteiger partial charge is 0.493 e. The van der Waals surface area contributed by atoms with Crippen LogP contribution in [0.1, 0.15) is 15.9 Å². The molecule has 0 fully saturated rings. The van der Waals surface area contributed by atoms with E-state index in [1.165, 1.54) is 20.4 Å². The Morgan fingerprint density at radius 1 is 1.07 bits per heavy atom. The molecular weight excluding hydrogens is 440 g/mol. The zero-order valence-electron chi connectivity index (χ0n) is 14.5. The van der Waals surface area contributed by atoms with Crippen LogP contribution in [-0.2, 0) is 0 Å². The van der Waals surface area contributed by atoms with Gasteiger partial charge < -0.3 is 9.47 Å². The summed E-state index contributed by atoms with van der Waals surface area (Å²) in [6, 6.07) is 5.88. The molecule has 0 aliphatic carbocycles. The Balaban J connectivity index is 2.23. The molecule has 0 aromatic heterocycles. The summed E-state index contributed by atoms with van der Waals surface area (Å²) in [5, 5.41) is 25.5. The Bertz CT molecular complexity index is 945. The topological polar surface area (TPSA) is 146 Å². The number of non-ortho nitro benzene ring substituents is 2. The van der Waals surface area contributed by atoms with Crippen molar-refractivity contribution >= 4 is 39.4 Å². The predicted molar refractivity (Wildman–Crippen MR) is 102 cm³/mol. The number of halogens is 1. The van der Waals surface area contributed by atoms with Crippen LogP contribution in [0.2, 0.25) is 0 Å². The Hall–Kier alpha value is -3.54. The van der Waals surface area contributed by atoms with E-state index in [1.807, 2.05) is 0 Å². The van der Waals surface area contributed by atoms with Gasteiger partial charge in [-0.05, 0) is 33.6 Å². The molecule has 2 aromatic carbocycles. The third-order valence-electron chi connectivity index (χ3n) is 3.42. The van der Waals surface area contributed by atoms with Crippen molar-refractivity contribution in [1.82, 2.24) is 5.43 Å². The zero-order valence-corrected chi connectivity index (χ0v) is 16.1. The van der Waals surface area contributed by atoms with Crippen LogP contribution in [-0.4, -0.2) is 36.2 Å². The van der Waals surface area contributed by atoms with E-state index in [1.54, 1.807) is 12.1 Å². The van der Waals surface area contributed by atoms with Gasteiger partial charge in [0.1, 0.15) is 0 Å². The summed E-state index contributed by atoms with van der Waals surface area (Å²) < 4.78 is 11.0. The van der Waals surface area contributed by atoms with Crippen LogP contribution in [0.25, 0.3) is 0 Å². The molecule has 2 aromatic rings. The van der Waals surface area contributed by atoms with Crippen molar-refractivity contribution in [2.45, 2.75) is 0 Å². The predicted octanol–water partition coefficient (Wildman–Crippen LogP) is 3.05. The lowest BCUT2D eigenvalue weighted by Gasteiger charge is -2.10. The summed E-state index contributed by atoms with van der Waals surface area (Å²) in [5.41, 5.74) is 1.29. The highest BCUT2D eigenvalue weighted by Gasteiger charge is 2.19. The van der Waals surface area contributed by atoms with E-state index in [9.17, 15) is 25.0 Å². The number of hydrogen-bond acceptors (Lipinski definition) is 8. The molecule has 28 heavy (non-hydrogen) atoms. The van der Waals surface area contributed by atoms with Crippen LogP contribution in [0.3, 0.4) is 0 Å². The van der Waals surface area contributed by atoms with Gasteiger partial charge in [-0.15, -0.1) is 0 Å². The van der Waals surface area contributed by atoms with E-state index in [0.717, 1.165) is 18.2 Å². The van der Waals surface area contributed by atoms with Crippen LogP contribution in [0, 0.1) is 20.2 Å². The number of hydrazone groups is 1. The summed E-state index contributed by atoms with van der Waals surface area (Å²) in [7, 11) is 2.94. The Labute approximate surface area is 166 Å². The second-order valence-corrected chi connectivity index (χ2v) is 6.04. The van der Waals surface area contributed by atoms with E-state index in [0.29, 0.717) is 21.5 Å². The van der Waals surface area contributed by atoms with Crippen molar-refractivity contribution in [2.24, 2.45) is 5.10 Å². The quantitative estimate of drug-likeness (QED) is 0.385. The fraction of sp³-hybridized carbons (Fsp3) is 0.125. The molecule has 0 aliphatic rings. The van der Waals surface area contributed by atoms with Gasteiger partial charge >= 0.3 is 0 Å². The number of carbonyl (C=O) groups is 1. The van der Waals surface area contributed by atoms with Crippen molar-refractivity contribution in [3.63, 3.8) is 0 Å². The van der Waals surface area contributed by atoms with Crippen LogP contribution in [0.5, 0.6) is 11.5 Å². The summed E-state index contributed by atoms with van der Waals surface area (Å²) in [6.45, 7) is 0. The monoisotopic (exact) mass is 452 g/mol. The van der Waals surface area contributed by atoms with Crippen molar-refractivity contribution < 1.29 is 24.1 Å². The minimum Gasteiger partial charge on any atom is -0.493 e. The van der Waals surface area contributed by atoms with Gasteiger partial charge in [0.25, 0.3) is 17.3 Å². The third-order valence-corrected chi connectivity index (χ3v) is 4.01. The molecule has 0 unspecified atom stereocenters. The number of nitrogens with zero attached hydrogens (tertiary/aromatic N) is 3. The van der Waals surface area contributed by atoms with E-state index >= 15 is 0 Å². The maximum absolute atomic E-state index is 12.2. The maximum Gasteiger partial charge on any atom is 0.277 e. The number of rotatable bonds is 7. The lowest BCUT2D eigenvalue weighted by molar-refractivity contribution is -0.394. The second kappa shape index (κ2) is 8.90. The number of amides is 1. The number of nitrogens with one attached hydrogen (secondary N) is 1. The van der Waals surface area contributed by atoms with Crippen LogP contribution >= 0.6 is 15.9 Å². The highest BCUT2D eigenvalue weighted by molar-refractivity contribution is 9.10. The van der Waals surface area contributed by atoms with Crippen molar-refractivity contribution in [3.8, 4) is 11.5 Å². The molecule has 2 rings (SSSR count). The Morgan fingerprint density at radius 2 is 1.68 bits per heavy atom. The van der Waals surface area contributed by atoms with Gasteiger partial charge in [-0.3, -0.25) is 25.0 Å². The molecule has 0 heterocycles. The maximum atomic E-state index is 12.2. The fourth-order valence-electron chi connectivity index (χ4n) is 2.18. The average Bonchev–Trinajstić information content (AvgIpc) is 2.66. The van der Waals surface area contributed by atoms with E-state index < -0.39 is 27.1 Å². The van der Waals surface area contributed by atoms with E-state index in [2.05, 4.69) is 26.5 Å². The number of nitro benzene ring substituents is 2. The van der Waals surface area contributed by atoms with E-state index in [-0.39, 0.29) is 5.56 Å². The molecule has 1 N–H and O–H groups in total. The summed E-state index contributed by atoms with van der Waals surface area (Å²) in [5.74, 6) is 0.0640. The highest BCUT2D eigenvalue weighted by atomic mass is 79.9. The molecule has 0 bridgehead atoms. The first-order valence-corrected chi connectivity index (χ1v) is 8.25. The number of carbonyl (C=O) groups excluding carboxylic acids is 1. The number of hydrogen-bond donors (Lipinski definition) is 1. The van der Waals surface area contributed by atoms with Crippen LogP contribution in [0.15, 0.2) is 39.9 Å². The first-order valence-electron chi connectivity index (χ1n) is 7.45. The Kier molecular flexibility index (Phi) is 6.60. The molecule has 12 heteroatoms. The van der Waals surface area contributed by atoms with Crippen molar-refractivity contribution in [1.29, 1.82) is 0 Å². The van der Waals surface area contributed by atoms with Gasteiger partial charge in [-0.2, -0.15) is 5.10 Å². The van der Waals surface area contributed by atoms with Gasteiger partial charge in [-0.25, -0.2) is 5.43 Å². The molecule has 11 nitrogen and oxygen atoms in total.